The molecule has 2 rings (SSSR count). The fraction of sp³-hybridized carbons (Fsp3) is 0.611. The molecule has 24 heavy (non-hydrogen) atoms. The molecule has 5 nitrogen and oxygen atoms in total. The summed E-state index contributed by atoms with van der Waals surface area (Å²) in [5, 5.41) is 15.9. The Balaban J connectivity index is 1.69. The maximum atomic E-state index is 12.9. The average molecular weight is 337 g/mol. The Morgan fingerprint density at radius 1 is 1.38 bits per heavy atom. The summed E-state index contributed by atoms with van der Waals surface area (Å²) in [4.78, 5) is 14.2. The van der Waals surface area contributed by atoms with E-state index in [2.05, 4.69) is 22.5 Å². The lowest BCUT2D eigenvalue weighted by atomic mass is 9.96. The van der Waals surface area contributed by atoms with Crippen molar-refractivity contribution in [1.29, 1.82) is 0 Å². The number of benzene rings is 1. The highest BCUT2D eigenvalue weighted by Gasteiger charge is 2.24. The largest absolute Gasteiger partial charge is 0.384 e. The van der Waals surface area contributed by atoms with Crippen LogP contribution in [0.4, 0.5) is 9.18 Å². The summed E-state index contributed by atoms with van der Waals surface area (Å²) in [5.74, 6) is 0.366. The van der Waals surface area contributed by atoms with Crippen LogP contribution in [0.15, 0.2) is 24.3 Å². The molecule has 2 amide bonds. The van der Waals surface area contributed by atoms with Crippen LogP contribution in [0.3, 0.4) is 0 Å². The van der Waals surface area contributed by atoms with Gasteiger partial charge in [0.05, 0.1) is 6.54 Å². The molecule has 0 bridgehead atoms. The van der Waals surface area contributed by atoms with Crippen molar-refractivity contribution < 1.29 is 14.3 Å². The van der Waals surface area contributed by atoms with Crippen molar-refractivity contribution in [2.75, 3.05) is 32.7 Å². The number of urea groups is 1. The molecule has 1 fully saturated rings. The van der Waals surface area contributed by atoms with E-state index in [1.165, 1.54) is 37.1 Å². The maximum Gasteiger partial charge on any atom is 0.314 e. The molecule has 0 spiro atoms. The normalized spacial score (nSPS) is 21.1. The second kappa shape index (κ2) is 8.44. The van der Waals surface area contributed by atoms with Gasteiger partial charge in [0.25, 0.3) is 0 Å². The topological polar surface area (TPSA) is 64.6 Å². The number of halogens is 1. The Morgan fingerprint density at radius 2 is 2.08 bits per heavy atom. The molecule has 0 aromatic heterocycles. The van der Waals surface area contributed by atoms with Crippen LogP contribution < -0.4 is 10.6 Å². The second-order valence-electron chi connectivity index (χ2n) is 6.94. The highest BCUT2D eigenvalue weighted by molar-refractivity contribution is 5.73. The van der Waals surface area contributed by atoms with Crippen LogP contribution in [0.25, 0.3) is 0 Å². The SMILES string of the molecule is CC1CCCN(CCNC(=O)NCC(C)(O)c2ccc(F)cc2)C1. The summed E-state index contributed by atoms with van der Waals surface area (Å²) in [6.45, 7) is 7.50. The number of piperidine rings is 1. The standard InChI is InChI=1S/C18H28FN3O2/c1-14-4-3-10-22(12-14)11-9-20-17(23)21-13-18(2,24)15-5-7-16(19)8-6-15/h5-8,14,24H,3-4,9-13H2,1-2H3,(H2,20,21,23). The van der Waals surface area contributed by atoms with Crippen LogP contribution in [0, 0.1) is 11.7 Å². The molecule has 6 heteroatoms. The lowest BCUT2D eigenvalue weighted by Crippen LogP contribution is -2.46. The predicted octanol–water partition coefficient (Wildman–Crippen LogP) is 2.06. The number of carbonyl (C=O) groups is 1. The summed E-state index contributed by atoms with van der Waals surface area (Å²) >= 11 is 0. The second-order valence-corrected chi connectivity index (χ2v) is 6.94. The Labute approximate surface area is 143 Å². The molecule has 134 valence electrons. The Hall–Kier alpha value is -1.66. The van der Waals surface area contributed by atoms with E-state index in [9.17, 15) is 14.3 Å². The number of nitrogens with zero attached hydrogens (tertiary/aromatic N) is 1. The zero-order valence-corrected chi connectivity index (χ0v) is 14.5. The Morgan fingerprint density at radius 3 is 2.75 bits per heavy atom. The molecule has 0 saturated carbocycles. The van der Waals surface area contributed by atoms with Gasteiger partial charge in [0.1, 0.15) is 11.4 Å². The fourth-order valence-electron chi connectivity index (χ4n) is 3.04. The van der Waals surface area contributed by atoms with Gasteiger partial charge in [-0.1, -0.05) is 19.1 Å². The van der Waals surface area contributed by atoms with Crippen molar-refractivity contribution in [3.8, 4) is 0 Å². The maximum absolute atomic E-state index is 12.9. The van der Waals surface area contributed by atoms with Crippen LogP contribution in [0.5, 0.6) is 0 Å². The molecule has 0 aliphatic carbocycles. The van der Waals surface area contributed by atoms with Gasteiger partial charge >= 0.3 is 6.03 Å². The van der Waals surface area contributed by atoms with Gasteiger partial charge in [-0.3, -0.25) is 0 Å². The van der Waals surface area contributed by atoms with E-state index in [1.54, 1.807) is 6.92 Å². The van der Waals surface area contributed by atoms with Gasteiger partial charge in [-0.2, -0.15) is 0 Å². The number of carbonyl (C=O) groups excluding carboxylic acids is 1. The van der Waals surface area contributed by atoms with E-state index in [-0.39, 0.29) is 18.4 Å². The van der Waals surface area contributed by atoms with Crippen LogP contribution in [0.1, 0.15) is 32.3 Å². The quantitative estimate of drug-likeness (QED) is 0.744. The smallest absolute Gasteiger partial charge is 0.314 e. The molecule has 2 unspecified atom stereocenters. The van der Waals surface area contributed by atoms with Gasteiger partial charge in [0.2, 0.25) is 0 Å². The third-order valence-corrected chi connectivity index (χ3v) is 4.51. The summed E-state index contributed by atoms with van der Waals surface area (Å²) in [5.41, 5.74) is -0.681. The van der Waals surface area contributed by atoms with Gasteiger partial charge in [0, 0.05) is 19.6 Å². The molecule has 0 radical (unpaired) electrons. The minimum Gasteiger partial charge on any atom is -0.384 e. The number of amides is 2. The van der Waals surface area contributed by atoms with Crippen LogP contribution in [-0.4, -0.2) is 48.8 Å². The van der Waals surface area contributed by atoms with Crippen molar-refractivity contribution in [3.63, 3.8) is 0 Å². The van der Waals surface area contributed by atoms with Crippen molar-refractivity contribution in [1.82, 2.24) is 15.5 Å². The van der Waals surface area contributed by atoms with Crippen LogP contribution in [0.2, 0.25) is 0 Å². The van der Waals surface area contributed by atoms with Crippen molar-refractivity contribution in [2.24, 2.45) is 5.92 Å². The summed E-state index contributed by atoms with van der Waals surface area (Å²) in [7, 11) is 0. The van der Waals surface area contributed by atoms with Crippen LogP contribution >= 0.6 is 0 Å². The molecule has 1 aliphatic rings. The number of hydrogen-bond acceptors (Lipinski definition) is 3. The predicted molar refractivity (Wildman–Crippen MR) is 92.2 cm³/mol. The van der Waals surface area contributed by atoms with E-state index >= 15 is 0 Å². The molecule has 1 aromatic carbocycles. The zero-order chi connectivity index (χ0) is 17.6. The highest BCUT2D eigenvalue weighted by atomic mass is 19.1. The van der Waals surface area contributed by atoms with E-state index in [0.29, 0.717) is 12.1 Å². The van der Waals surface area contributed by atoms with Crippen molar-refractivity contribution in [2.45, 2.75) is 32.3 Å². The van der Waals surface area contributed by atoms with Gasteiger partial charge in [0.15, 0.2) is 0 Å². The van der Waals surface area contributed by atoms with Gasteiger partial charge < -0.3 is 20.6 Å². The number of likely N-dealkylation sites (tertiary alicyclic amines) is 1. The first-order valence-corrected chi connectivity index (χ1v) is 8.59. The van der Waals surface area contributed by atoms with E-state index in [1.807, 2.05) is 0 Å². The lowest BCUT2D eigenvalue weighted by molar-refractivity contribution is 0.0593. The summed E-state index contributed by atoms with van der Waals surface area (Å²) < 4.78 is 12.9. The first kappa shape index (κ1) is 18.7. The molecular weight excluding hydrogens is 309 g/mol. The minimum atomic E-state index is -1.24. The third-order valence-electron chi connectivity index (χ3n) is 4.51. The lowest BCUT2D eigenvalue weighted by Gasteiger charge is -2.30. The molecule has 1 aromatic rings. The summed E-state index contributed by atoms with van der Waals surface area (Å²) in [6, 6.07) is 5.33. The average Bonchev–Trinajstić information content (AvgIpc) is 2.54. The Kier molecular flexibility index (Phi) is 6.57. The van der Waals surface area contributed by atoms with Crippen molar-refractivity contribution in [3.05, 3.63) is 35.6 Å². The van der Waals surface area contributed by atoms with Crippen molar-refractivity contribution >= 4 is 6.03 Å². The molecule has 2 atom stereocenters. The van der Waals surface area contributed by atoms with E-state index in [4.69, 9.17) is 0 Å². The fourth-order valence-corrected chi connectivity index (χ4v) is 3.04. The first-order valence-electron chi connectivity index (χ1n) is 8.59. The number of rotatable bonds is 6. The van der Waals surface area contributed by atoms with E-state index < -0.39 is 5.60 Å². The summed E-state index contributed by atoms with van der Waals surface area (Å²) in [6.07, 6.45) is 2.50. The third kappa shape index (κ3) is 5.76. The number of nitrogens with one attached hydrogen (secondary N) is 2. The van der Waals surface area contributed by atoms with Gasteiger partial charge in [-0.15, -0.1) is 0 Å². The monoisotopic (exact) mass is 337 g/mol. The molecular formula is C18H28FN3O2. The van der Waals surface area contributed by atoms with Crippen LogP contribution in [-0.2, 0) is 5.60 Å². The molecule has 1 heterocycles. The number of hydrogen-bond donors (Lipinski definition) is 3. The zero-order valence-electron chi connectivity index (χ0n) is 14.5. The Bertz CT molecular complexity index is 534. The molecule has 3 N–H and O–H groups in total. The molecule has 1 saturated heterocycles. The molecule has 1 aliphatic heterocycles. The minimum absolute atomic E-state index is 0.0607. The van der Waals surface area contributed by atoms with E-state index in [0.717, 1.165) is 25.6 Å². The number of aliphatic hydroxyl groups is 1. The highest BCUT2D eigenvalue weighted by Crippen LogP contribution is 2.19. The first-order chi connectivity index (χ1) is 11.4. The van der Waals surface area contributed by atoms with Gasteiger partial charge in [-0.05, 0) is 49.9 Å². The van der Waals surface area contributed by atoms with Gasteiger partial charge in [-0.25, -0.2) is 9.18 Å².